The average molecular weight is 391 g/mol. The van der Waals surface area contributed by atoms with Crippen molar-refractivity contribution in [3.05, 3.63) is 63.7 Å². The molecular weight excluding hydrogens is 376 g/mol. The van der Waals surface area contributed by atoms with Gasteiger partial charge in [0.05, 0.1) is 16.1 Å². The lowest BCUT2D eigenvalue weighted by Gasteiger charge is -2.18. The molecule has 1 aliphatic rings. The van der Waals surface area contributed by atoms with Gasteiger partial charge in [-0.2, -0.15) is 13.2 Å². The van der Waals surface area contributed by atoms with Crippen LogP contribution in [-0.4, -0.2) is 12.5 Å². The second kappa shape index (κ2) is 7.64. The first kappa shape index (κ1) is 19.6. The number of carbonyl (C=O) groups is 1. The maximum atomic E-state index is 12.9. The van der Waals surface area contributed by atoms with E-state index in [0.29, 0.717) is 12.2 Å². The largest absolute Gasteiger partial charge is 0.417 e. The third kappa shape index (κ3) is 4.26. The summed E-state index contributed by atoms with van der Waals surface area (Å²) in [4.78, 5) is 12.3. The third-order valence-electron chi connectivity index (χ3n) is 3.90. The van der Waals surface area contributed by atoms with Crippen LogP contribution in [0.5, 0.6) is 0 Å². The van der Waals surface area contributed by atoms with Gasteiger partial charge in [0, 0.05) is 12.2 Å². The second-order valence-electron chi connectivity index (χ2n) is 5.53. The van der Waals surface area contributed by atoms with Crippen LogP contribution in [0.1, 0.15) is 27.0 Å². The van der Waals surface area contributed by atoms with Crippen molar-refractivity contribution in [3.8, 4) is 0 Å². The Morgan fingerprint density at radius 1 is 1.16 bits per heavy atom. The summed E-state index contributed by atoms with van der Waals surface area (Å²) in [7, 11) is 0. The van der Waals surface area contributed by atoms with Gasteiger partial charge in [0.25, 0.3) is 5.91 Å². The van der Waals surface area contributed by atoms with Crippen LogP contribution in [0.3, 0.4) is 0 Å². The fourth-order valence-corrected chi connectivity index (χ4v) is 3.00. The van der Waals surface area contributed by atoms with Crippen molar-refractivity contribution in [2.75, 3.05) is 11.9 Å². The van der Waals surface area contributed by atoms with Gasteiger partial charge < -0.3 is 10.6 Å². The van der Waals surface area contributed by atoms with Crippen molar-refractivity contribution in [2.24, 2.45) is 0 Å². The van der Waals surface area contributed by atoms with E-state index in [-0.39, 0.29) is 18.0 Å². The van der Waals surface area contributed by atoms with Crippen molar-refractivity contribution < 1.29 is 18.0 Å². The van der Waals surface area contributed by atoms with E-state index >= 15 is 0 Å². The Morgan fingerprint density at radius 2 is 1.92 bits per heavy atom. The molecule has 0 aromatic heterocycles. The first-order chi connectivity index (χ1) is 11.4. The highest BCUT2D eigenvalue weighted by atomic mass is 35.5. The van der Waals surface area contributed by atoms with Gasteiger partial charge in [0.1, 0.15) is 0 Å². The van der Waals surface area contributed by atoms with Crippen LogP contribution >= 0.6 is 24.0 Å². The number of hydrogen-bond acceptors (Lipinski definition) is 2. The van der Waals surface area contributed by atoms with Crippen molar-refractivity contribution in [3.63, 3.8) is 0 Å². The Hall–Kier alpha value is -1.76. The smallest absolute Gasteiger partial charge is 0.322 e. The average Bonchev–Trinajstić information content (AvgIpc) is 2.53. The standard InChI is InChI=1S/C17H14ClF3N2O.ClH/c18-15-13(2-1-3-14(15)17(19,20)21)16(24)23-12-5-4-10-6-7-22-9-11(10)8-12;/h1-5,8,22H,6-7,9H2,(H,23,24);1H. The van der Waals surface area contributed by atoms with E-state index in [1.165, 1.54) is 17.7 Å². The predicted molar refractivity (Wildman–Crippen MR) is 93.5 cm³/mol. The molecule has 8 heteroatoms. The van der Waals surface area contributed by atoms with E-state index in [9.17, 15) is 18.0 Å². The van der Waals surface area contributed by atoms with Crippen LogP contribution in [0.25, 0.3) is 0 Å². The van der Waals surface area contributed by atoms with E-state index in [1.807, 2.05) is 12.1 Å². The summed E-state index contributed by atoms with van der Waals surface area (Å²) in [6.07, 6.45) is -3.70. The summed E-state index contributed by atoms with van der Waals surface area (Å²) in [6.45, 7) is 1.60. The fourth-order valence-electron chi connectivity index (χ4n) is 2.68. The van der Waals surface area contributed by atoms with Crippen LogP contribution in [0, 0.1) is 0 Å². The van der Waals surface area contributed by atoms with E-state index in [4.69, 9.17) is 11.6 Å². The zero-order chi connectivity index (χ0) is 17.3. The molecule has 1 aliphatic heterocycles. The molecule has 0 radical (unpaired) electrons. The molecule has 2 aromatic carbocycles. The zero-order valence-electron chi connectivity index (χ0n) is 12.9. The van der Waals surface area contributed by atoms with E-state index in [0.717, 1.165) is 24.6 Å². The van der Waals surface area contributed by atoms with Gasteiger partial charge in [-0.05, 0) is 48.4 Å². The first-order valence-corrected chi connectivity index (χ1v) is 7.73. The third-order valence-corrected chi connectivity index (χ3v) is 4.31. The number of carbonyl (C=O) groups excluding carboxylic acids is 1. The first-order valence-electron chi connectivity index (χ1n) is 7.36. The lowest BCUT2D eigenvalue weighted by molar-refractivity contribution is -0.137. The molecule has 134 valence electrons. The molecule has 0 aliphatic carbocycles. The fraction of sp³-hybridized carbons (Fsp3) is 0.235. The van der Waals surface area contributed by atoms with Gasteiger partial charge in [0.2, 0.25) is 0 Å². The molecule has 0 unspecified atom stereocenters. The summed E-state index contributed by atoms with van der Waals surface area (Å²) in [5.41, 5.74) is 1.56. The van der Waals surface area contributed by atoms with E-state index in [1.54, 1.807) is 6.07 Å². The maximum Gasteiger partial charge on any atom is 0.417 e. The molecule has 3 nitrogen and oxygen atoms in total. The molecule has 0 spiro atoms. The molecule has 2 N–H and O–H groups in total. The number of fused-ring (bicyclic) bond motifs is 1. The Bertz CT molecular complexity index is 794. The summed E-state index contributed by atoms with van der Waals surface area (Å²) in [5, 5.41) is 5.24. The highest BCUT2D eigenvalue weighted by molar-refractivity contribution is 6.35. The Morgan fingerprint density at radius 3 is 2.64 bits per heavy atom. The number of anilines is 1. The highest BCUT2D eigenvalue weighted by Gasteiger charge is 2.34. The van der Waals surface area contributed by atoms with Crippen LogP contribution < -0.4 is 10.6 Å². The molecule has 25 heavy (non-hydrogen) atoms. The molecule has 3 rings (SSSR count). The normalized spacial score (nSPS) is 13.6. The predicted octanol–water partition coefficient (Wildman–Crippen LogP) is 4.68. The second-order valence-corrected chi connectivity index (χ2v) is 5.91. The Balaban J connectivity index is 0.00000225. The van der Waals surface area contributed by atoms with E-state index in [2.05, 4.69) is 10.6 Å². The number of amides is 1. The number of nitrogens with one attached hydrogen (secondary N) is 2. The molecule has 0 atom stereocenters. The Labute approximate surface area is 154 Å². The van der Waals surface area contributed by atoms with Gasteiger partial charge in [-0.25, -0.2) is 0 Å². The summed E-state index contributed by atoms with van der Waals surface area (Å²) < 4.78 is 38.7. The minimum absolute atomic E-state index is 0. The molecular formula is C17H15Cl2F3N2O. The number of alkyl halides is 3. The van der Waals surface area contributed by atoms with Crippen LogP contribution in [0.4, 0.5) is 18.9 Å². The number of halogens is 5. The monoisotopic (exact) mass is 390 g/mol. The SMILES string of the molecule is Cl.O=C(Nc1ccc2c(c1)CNCC2)c1cccc(C(F)(F)F)c1Cl. The van der Waals surface area contributed by atoms with Crippen LogP contribution in [-0.2, 0) is 19.1 Å². The summed E-state index contributed by atoms with van der Waals surface area (Å²) in [5.74, 6) is -0.671. The van der Waals surface area contributed by atoms with Crippen molar-refractivity contribution in [2.45, 2.75) is 19.1 Å². The van der Waals surface area contributed by atoms with Crippen LogP contribution in [0.2, 0.25) is 5.02 Å². The molecule has 0 saturated carbocycles. The number of rotatable bonds is 2. The number of benzene rings is 2. The highest BCUT2D eigenvalue weighted by Crippen LogP contribution is 2.36. The van der Waals surface area contributed by atoms with Gasteiger partial charge in [0.15, 0.2) is 0 Å². The molecule has 0 saturated heterocycles. The quantitative estimate of drug-likeness (QED) is 0.781. The summed E-state index contributed by atoms with van der Waals surface area (Å²) >= 11 is 5.78. The summed E-state index contributed by atoms with van der Waals surface area (Å²) in [6, 6.07) is 8.76. The van der Waals surface area contributed by atoms with Crippen LogP contribution in [0.15, 0.2) is 36.4 Å². The topological polar surface area (TPSA) is 41.1 Å². The van der Waals surface area contributed by atoms with Gasteiger partial charge in [-0.1, -0.05) is 23.7 Å². The van der Waals surface area contributed by atoms with E-state index < -0.39 is 22.7 Å². The minimum Gasteiger partial charge on any atom is -0.322 e. The van der Waals surface area contributed by atoms with Gasteiger partial charge in [-0.15, -0.1) is 12.4 Å². The minimum atomic E-state index is -4.61. The lowest BCUT2D eigenvalue weighted by Crippen LogP contribution is -2.23. The van der Waals surface area contributed by atoms with Crippen molar-refractivity contribution >= 4 is 35.6 Å². The molecule has 0 bridgehead atoms. The van der Waals surface area contributed by atoms with Gasteiger partial charge in [-0.3, -0.25) is 4.79 Å². The molecule has 1 amide bonds. The molecule has 1 heterocycles. The van der Waals surface area contributed by atoms with Crippen molar-refractivity contribution in [1.29, 1.82) is 0 Å². The molecule has 0 fully saturated rings. The zero-order valence-corrected chi connectivity index (χ0v) is 14.5. The lowest BCUT2D eigenvalue weighted by atomic mass is 10.0. The maximum absolute atomic E-state index is 12.9. The van der Waals surface area contributed by atoms with Gasteiger partial charge >= 0.3 is 6.18 Å². The van der Waals surface area contributed by atoms with Crippen molar-refractivity contribution in [1.82, 2.24) is 5.32 Å². The molecule has 2 aromatic rings. The Kier molecular flexibility index (Phi) is 5.98. The number of hydrogen-bond donors (Lipinski definition) is 2.